The lowest BCUT2D eigenvalue weighted by molar-refractivity contribution is -0.125. The van der Waals surface area contributed by atoms with Gasteiger partial charge in [0.25, 0.3) is 5.91 Å². The van der Waals surface area contributed by atoms with E-state index in [-0.39, 0.29) is 23.8 Å². The van der Waals surface area contributed by atoms with Crippen molar-refractivity contribution in [3.8, 4) is 0 Å². The standard InChI is InChI=1S/C14H15N5O3/c20-13-9-4-19(5-10(16-13)7-22-6-9)14(21)11-2-1-8-3-15-18-12(8)17-11/h1-3,9-10H,4-7H2,(H,16,20)(H,15,17,18)/t9-,10+/m1/s1. The molecule has 2 aromatic rings. The molecule has 8 heteroatoms. The van der Waals surface area contributed by atoms with Crippen LogP contribution >= 0.6 is 0 Å². The zero-order valence-corrected chi connectivity index (χ0v) is 11.8. The van der Waals surface area contributed by atoms with Crippen molar-refractivity contribution in [1.29, 1.82) is 0 Å². The van der Waals surface area contributed by atoms with E-state index in [2.05, 4.69) is 20.5 Å². The Morgan fingerprint density at radius 3 is 3.14 bits per heavy atom. The topological polar surface area (TPSA) is 100 Å². The van der Waals surface area contributed by atoms with Gasteiger partial charge in [0.2, 0.25) is 5.91 Å². The number of aromatic nitrogens is 3. The third kappa shape index (κ3) is 2.21. The van der Waals surface area contributed by atoms with E-state index in [9.17, 15) is 9.59 Å². The maximum atomic E-state index is 12.7. The number of nitrogens with one attached hydrogen (secondary N) is 2. The summed E-state index contributed by atoms with van der Waals surface area (Å²) in [6, 6.07) is 3.33. The Bertz CT molecular complexity index is 743. The minimum Gasteiger partial charge on any atom is -0.378 e. The van der Waals surface area contributed by atoms with E-state index in [4.69, 9.17) is 4.74 Å². The SMILES string of the molecule is O=C1N[C@@H]2COC[C@H]1CN(C(=O)c1ccc3cn[nH]c3n1)C2. The number of hydrogen-bond acceptors (Lipinski definition) is 5. The highest BCUT2D eigenvalue weighted by molar-refractivity contribution is 5.95. The minimum atomic E-state index is -0.327. The average Bonchev–Trinajstić information content (AvgIpc) is 2.82. The second-order valence-corrected chi connectivity index (χ2v) is 5.65. The first-order valence-electron chi connectivity index (χ1n) is 7.18. The summed E-state index contributed by atoms with van der Waals surface area (Å²) in [4.78, 5) is 30.7. The second kappa shape index (κ2) is 5.06. The summed E-state index contributed by atoms with van der Waals surface area (Å²) in [5.74, 6) is -0.549. The molecule has 22 heavy (non-hydrogen) atoms. The Morgan fingerprint density at radius 1 is 1.32 bits per heavy atom. The van der Waals surface area contributed by atoms with Crippen LogP contribution in [-0.2, 0) is 9.53 Å². The van der Waals surface area contributed by atoms with E-state index in [0.29, 0.717) is 37.6 Å². The van der Waals surface area contributed by atoms with E-state index in [1.807, 2.05) is 6.07 Å². The van der Waals surface area contributed by atoms with Crippen molar-refractivity contribution in [3.63, 3.8) is 0 Å². The first-order valence-corrected chi connectivity index (χ1v) is 7.18. The second-order valence-electron chi connectivity index (χ2n) is 5.65. The van der Waals surface area contributed by atoms with Crippen LogP contribution in [0, 0.1) is 5.92 Å². The maximum absolute atomic E-state index is 12.7. The molecule has 0 unspecified atom stereocenters. The molecule has 0 aromatic carbocycles. The van der Waals surface area contributed by atoms with Crippen molar-refractivity contribution in [3.05, 3.63) is 24.0 Å². The molecule has 2 amide bonds. The molecule has 8 nitrogen and oxygen atoms in total. The van der Waals surface area contributed by atoms with Gasteiger partial charge in [-0.25, -0.2) is 4.98 Å². The molecule has 0 spiro atoms. The molecule has 0 aliphatic carbocycles. The van der Waals surface area contributed by atoms with Gasteiger partial charge in [-0.3, -0.25) is 14.7 Å². The van der Waals surface area contributed by atoms with Crippen LogP contribution in [0.3, 0.4) is 0 Å². The summed E-state index contributed by atoms with van der Waals surface area (Å²) in [5, 5.41) is 10.4. The van der Waals surface area contributed by atoms with Gasteiger partial charge in [0.05, 0.1) is 31.4 Å². The number of pyridine rings is 1. The number of hydrogen-bond donors (Lipinski definition) is 2. The number of nitrogens with zero attached hydrogens (tertiary/aromatic N) is 3. The first-order chi connectivity index (χ1) is 10.7. The Labute approximate surface area is 125 Å². The molecule has 2 N–H and O–H groups in total. The lowest BCUT2D eigenvalue weighted by atomic mass is 10.1. The molecular formula is C14H15N5O3. The molecule has 2 aliphatic rings. The molecule has 0 radical (unpaired) electrons. The van der Waals surface area contributed by atoms with Gasteiger partial charge < -0.3 is 15.0 Å². The highest BCUT2D eigenvalue weighted by Gasteiger charge is 2.35. The van der Waals surface area contributed by atoms with Crippen molar-refractivity contribution < 1.29 is 14.3 Å². The number of carbonyl (C=O) groups is 2. The average molecular weight is 301 g/mol. The Morgan fingerprint density at radius 2 is 2.23 bits per heavy atom. The van der Waals surface area contributed by atoms with Gasteiger partial charge in [-0.2, -0.15) is 5.10 Å². The largest absolute Gasteiger partial charge is 0.378 e. The van der Waals surface area contributed by atoms with Crippen molar-refractivity contribution in [2.24, 2.45) is 5.92 Å². The van der Waals surface area contributed by atoms with Gasteiger partial charge in [0, 0.05) is 18.5 Å². The summed E-state index contributed by atoms with van der Waals surface area (Å²) in [7, 11) is 0. The molecule has 114 valence electrons. The summed E-state index contributed by atoms with van der Waals surface area (Å²) < 4.78 is 5.46. The fourth-order valence-corrected chi connectivity index (χ4v) is 2.90. The van der Waals surface area contributed by atoms with Crippen molar-refractivity contribution >= 4 is 22.8 Å². The number of rotatable bonds is 1. The van der Waals surface area contributed by atoms with Gasteiger partial charge in [-0.05, 0) is 12.1 Å². The molecule has 2 atom stereocenters. The van der Waals surface area contributed by atoms with Crippen LogP contribution < -0.4 is 5.32 Å². The fraction of sp³-hybridized carbons (Fsp3) is 0.429. The number of ether oxygens (including phenoxy) is 1. The van der Waals surface area contributed by atoms with E-state index >= 15 is 0 Å². The van der Waals surface area contributed by atoms with Gasteiger partial charge in [-0.1, -0.05) is 0 Å². The molecule has 2 aromatic heterocycles. The molecule has 0 saturated carbocycles. The monoisotopic (exact) mass is 301 g/mol. The van der Waals surface area contributed by atoms with Crippen molar-refractivity contribution in [2.75, 3.05) is 26.3 Å². The first kappa shape index (κ1) is 13.2. The molecule has 2 bridgehead atoms. The maximum Gasteiger partial charge on any atom is 0.272 e. The minimum absolute atomic E-state index is 0.0465. The van der Waals surface area contributed by atoms with Gasteiger partial charge in [-0.15, -0.1) is 0 Å². The predicted octanol–water partition coefficient (Wildman–Crippen LogP) is -0.455. The summed E-state index contributed by atoms with van der Waals surface area (Å²) >= 11 is 0. The number of amides is 2. The Balaban J connectivity index is 1.62. The summed E-state index contributed by atoms with van der Waals surface area (Å²) in [6.45, 7) is 1.56. The molecule has 2 aliphatic heterocycles. The van der Waals surface area contributed by atoms with Crippen LogP contribution in [0.2, 0.25) is 0 Å². The van der Waals surface area contributed by atoms with Crippen molar-refractivity contribution in [1.82, 2.24) is 25.4 Å². The van der Waals surface area contributed by atoms with Gasteiger partial charge in [0.15, 0.2) is 5.65 Å². The van der Waals surface area contributed by atoms with Crippen LogP contribution in [0.15, 0.2) is 18.3 Å². The highest BCUT2D eigenvalue weighted by atomic mass is 16.5. The van der Waals surface area contributed by atoms with Crippen LogP contribution in [-0.4, -0.2) is 64.2 Å². The van der Waals surface area contributed by atoms with Gasteiger partial charge >= 0.3 is 0 Å². The molecule has 2 fully saturated rings. The third-order valence-electron chi connectivity index (χ3n) is 4.04. The molecule has 4 rings (SSSR count). The highest BCUT2D eigenvalue weighted by Crippen LogP contribution is 2.17. The normalized spacial score (nSPS) is 24.9. The quantitative estimate of drug-likeness (QED) is 0.743. The zero-order chi connectivity index (χ0) is 15.1. The summed E-state index contributed by atoms with van der Waals surface area (Å²) in [5.41, 5.74) is 0.934. The van der Waals surface area contributed by atoms with E-state index in [0.717, 1.165) is 5.39 Å². The van der Waals surface area contributed by atoms with Crippen LogP contribution in [0.1, 0.15) is 10.5 Å². The zero-order valence-electron chi connectivity index (χ0n) is 11.8. The van der Waals surface area contributed by atoms with Crippen LogP contribution in [0.5, 0.6) is 0 Å². The lowest BCUT2D eigenvalue weighted by Gasteiger charge is -2.27. The summed E-state index contributed by atoms with van der Waals surface area (Å²) in [6.07, 6.45) is 1.66. The lowest BCUT2D eigenvalue weighted by Crippen LogP contribution is -2.44. The Kier molecular flexibility index (Phi) is 3.04. The number of carbonyl (C=O) groups excluding carboxylic acids is 2. The van der Waals surface area contributed by atoms with E-state index in [1.165, 1.54) is 0 Å². The van der Waals surface area contributed by atoms with Crippen LogP contribution in [0.25, 0.3) is 11.0 Å². The number of aromatic amines is 1. The van der Waals surface area contributed by atoms with E-state index in [1.54, 1.807) is 17.2 Å². The van der Waals surface area contributed by atoms with Gasteiger partial charge in [0.1, 0.15) is 5.69 Å². The smallest absolute Gasteiger partial charge is 0.272 e. The number of fused-ring (bicyclic) bond motifs is 4. The Hall–Kier alpha value is -2.48. The molecular weight excluding hydrogens is 286 g/mol. The number of H-pyrrole nitrogens is 1. The third-order valence-corrected chi connectivity index (χ3v) is 4.04. The fourth-order valence-electron chi connectivity index (χ4n) is 2.90. The molecule has 4 heterocycles. The predicted molar refractivity (Wildman–Crippen MR) is 76.0 cm³/mol. The molecule has 2 saturated heterocycles. The van der Waals surface area contributed by atoms with E-state index < -0.39 is 0 Å². The van der Waals surface area contributed by atoms with Crippen molar-refractivity contribution in [2.45, 2.75) is 6.04 Å². The van der Waals surface area contributed by atoms with Crippen LogP contribution in [0.4, 0.5) is 0 Å².